The second kappa shape index (κ2) is 11.6. The summed E-state index contributed by atoms with van der Waals surface area (Å²) in [5.41, 5.74) is 3.06. The maximum absolute atomic E-state index is 13.8. The fourth-order valence-corrected chi connectivity index (χ4v) is 4.14. The summed E-state index contributed by atoms with van der Waals surface area (Å²) < 4.78 is 41.3. The zero-order chi connectivity index (χ0) is 28.3. The summed E-state index contributed by atoms with van der Waals surface area (Å²) in [5, 5.41) is 8.37. The van der Waals surface area contributed by atoms with Crippen molar-refractivity contribution in [1.29, 1.82) is 0 Å². The van der Waals surface area contributed by atoms with Gasteiger partial charge in [0.05, 0.1) is 34.9 Å². The SMILES string of the molecule is Cc1nc(-c2c(C)ncnc2C2CC2)nc(N(C)C(C)C(F)(F)F)c1NC(C=O)=NCc1ccc(SN)cn1. The number of amidine groups is 1. The second-order valence-electron chi connectivity index (χ2n) is 9.20. The lowest BCUT2D eigenvalue weighted by Gasteiger charge is -2.30. The Morgan fingerprint density at radius 1 is 1.23 bits per heavy atom. The number of nitrogens with two attached hydrogens (primary N) is 1. The van der Waals surface area contributed by atoms with Gasteiger partial charge >= 0.3 is 6.18 Å². The Bertz CT molecular complexity index is 1380. The smallest absolute Gasteiger partial charge is 0.346 e. The summed E-state index contributed by atoms with van der Waals surface area (Å²) in [6.45, 7) is 4.52. The normalized spacial score (nSPS) is 14.7. The van der Waals surface area contributed by atoms with Gasteiger partial charge in [-0.3, -0.25) is 19.9 Å². The minimum absolute atomic E-state index is 0.0377. The number of alkyl halides is 3. The van der Waals surface area contributed by atoms with Crippen LogP contribution in [0.4, 0.5) is 24.7 Å². The number of aryl methyl sites for hydroxylation is 2. The van der Waals surface area contributed by atoms with Gasteiger partial charge in [-0.2, -0.15) is 13.2 Å². The Labute approximate surface area is 227 Å². The number of hydrogen-bond donors (Lipinski definition) is 2. The lowest BCUT2D eigenvalue weighted by atomic mass is 10.1. The van der Waals surface area contributed by atoms with Gasteiger partial charge in [-0.15, -0.1) is 0 Å². The topological polar surface area (TPSA) is 135 Å². The summed E-state index contributed by atoms with van der Waals surface area (Å²) in [5.74, 6) is 0.310. The Morgan fingerprint density at radius 3 is 2.56 bits per heavy atom. The van der Waals surface area contributed by atoms with E-state index in [1.807, 2.05) is 0 Å². The number of rotatable bonds is 9. The van der Waals surface area contributed by atoms with Crippen molar-refractivity contribution in [3.63, 3.8) is 0 Å². The predicted molar refractivity (Wildman–Crippen MR) is 144 cm³/mol. The molecule has 0 aromatic carbocycles. The van der Waals surface area contributed by atoms with Crippen LogP contribution in [0.3, 0.4) is 0 Å². The van der Waals surface area contributed by atoms with E-state index in [1.165, 1.54) is 13.4 Å². The zero-order valence-electron chi connectivity index (χ0n) is 21.8. The van der Waals surface area contributed by atoms with E-state index in [1.54, 1.807) is 32.2 Å². The van der Waals surface area contributed by atoms with Gasteiger partial charge in [0.1, 0.15) is 18.1 Å². The highest BCUT2D eigenvalue weighted by molar-refractivity contribution is 7.97. The molecular formula is C25H28F3N9OS. The molecule has 1 saturated carbocycles. The lowest BCUT2D eigenvalue weighted by molar-refractivity contribution is -0.144. The molecule has 14 heteroatoms. The molecule has 0 amide bonds. The Morgan fingerprint density at radius 2 is 1.97 bits per heavy atom. The van der Waals surface area contributed by atoms with E-state index < -0.39 is 12.2 Å². The number of aromatic nitrogens is 5. The van der Waals surface area contributed by atoms with Crippen LogP contribution >= 0.6 is 11.9 Å². The minimum atomic E-state index is -4.53. The molecule has 3 aromatic heterocycles. The molecule has 0 radical (unpaired) electrons. The summed E-state index contributed by atoms with van der Waals surface area (Å²) in [6.07, 6.45) is 0.921. The molecule has 39 heavy (non-hydrogen) atoms. The van der Waals surface area contributed by atoms with E-state index in [2.05, 4.69) is 35.2 Å². The molecule has 0 saturated heterocycles. The largest absolute Gasteiger partial charge is 0.408 e. The number of aldehydes is 1. The van der Waals surface area contributed by atoms with E-state index >= 15 is 0 Å². The first-order chi connectivity index (χ1) is 18.5. The van der Waals surface area contributed by atoms with Crippen LogP contribution in [-0.4, -0.2) is 56.3 Å². The molecule has 0 spiro atoms. The molecule has 1 atom stereocenters. The van der Waals surface area contributed by atoms with Crippen LogP contribution in [0, 0.1) is 13.8 Å². The van der Waals surface area contributed by atoms with Crippen LogP contribution in [0.1, 0.15) is 48.5 Å². The minimum Gasteiger partial charge on any atom is -0.346 e. The van der Waals surface area contributed by atoms with Gasteiger partial charge in [-0.1, -0.05) is 0 Å². The average molecular weight is 560 g/mol. The number of carbonyl (C=O) groups is 1. The van der Waals surface area contributed by atoms with Crippen molar-refractivity contribution in [3.05, 3.63) is 47.4 Å². The third-order valence-corrected chi connectivity index (χ3v) is 6.94. The van der Waals surface area contributed by atoms with Gasteiger partial charge in [0.15, 0.2) is 23.8 Å². The Hall–Kier alpha value is -3.65. The predicted octanol–water partition coefficient (Wildman–Crippen LogP) is 4.39. The molecule has 1 fully saturated rings. The molecule has 1 unspecified atom stereocenters. The first kappa shape index (κ1) is 28.4. The van der Waals surface area contributed by atoms with Crippen LogP contribution in [0.15, 0.2) is 34.5 Å². The fourth-order valence-electron chi connectivity index (χ4n) is 3.88. The van der Waals surface area contributed by atoms with Gasteiger partial charge in [-0.25, -0.2) is 19.9 Å². The van der Waals surface area contributed by atoms with Crippen molar-refractivity contribution in [2.24, 2.45) is 10.1 Å². The molecule has 0 bridgehead atoms. The number of aliphatic imine (C=N–C) groups is 1. The number of anilines is 2. The van der Waals surface area contributed by atoms with Crippen LogP contribution in [0.5, 0.6) is 0 Å². The second-order valence-corrected chi connectivity index (χ2v) is 9.91. The monoisotopic (exact) mass is 559 g/mol. The van der Waals surface area contributed by atoms with Crippen LogP contribution < -0.4 is 15.4 Å². The van der Waals surface area contributed by atoms with Gasteiger partial charge in [0, 0.05) is 24.1 Å². The van der Waals surface area contributed by atoms with Crippen molar-refractivity contribution in [2.75, 3.05) is 17.3 Å². The van der Waals surface area contributed by atoms with Gasteiger partial charge in [0.2, 0.25) is 0 Å². The van der Waals surface area contributed by atoms with Crippen molar-refractivity contribution >= 4 is 35.6 Å². The maximum atomic E-state index is 13.8. The Kier molecular flexibility index (Phi) is 8.45. The van der Waals surface area contributed by atoms with Crippen LogP contribution in [0.2, 0.25) is 0 Å². The number of pyridine rings is 1. The number of carbonyl (C=O) groups excluding carboxylic acids is 1. The first-order valence-electron chi connectivity index (χ1n) is 12.1. The molecule has 10 nitrogen and oxygen atoms in total. The van der Waals surface area contributed by atoms with Crippen molar-refractivity contribution in [1.82, 2.24) is 24.9 Å². The quantitative estimate of drug-likeness (QED) is 0.168. The molecule has 1 aliphatic carbocycles. The van der Waals surface area contributed by atoms with E-state index in [-0.39, 0.29) is 35.6 Å². The molecule has 3 aromatic rings. The molecule has 3 heterocycles. The fraction of sp³-hybridized carbons (Fsp3) is 0.400. The summed E-state index contributed by atoms with van der Waals surface area (Å²) in [7, 11) is 1.30. The number of nitrogens with zero attached hydrogens (tertiary/aromatic N) is 7. The van der Waals surface area contributed by atoms with Crippen molar-refractivity contribution in [2.45, 2.75) is 63.2 Å². The highest BCUT2D eigenvalue weighted by atomic mass is 32.2. The lowest BCUT2D eigenvalue weighted by Crippen LogP contribution is -2.42. The third-order valence-electron chi connectivity index (χ3n) is 6.42. The molecular weight excluding hydrogens is 531 g/mol. The Balaban J connectivity index is 1.76. The van der Waals surface area contributed by atoms with Gasteiger partial charge in [0.25, 0.3) is 0 Å². The highest BCUT2D eigenvalue weighted by Crippen LogP contribution is 2.44. The summed E-state index contributed by atoms with van der Waals surface area (Å²) >= 11 is 1.05. The number of halogens is 3. The van der Waals surface area contributed by atoms with Gasteiger partial charge in [-0.05, 0) is 57.7 Å². The van der Waals surface area contributed by atoms with Crippen molar-refractivity contribution < 1.29 is 18.0 Å². The third kappa shape index (κ3) is 6.50. The molecule has 3 N–H and O–H groups in total. The summed E-state index contributed by atoms with van der Waals surface area (Å²) in [4.78, 5) is 40.0. The van der Waals surface area contributed by atoms with Crippen LogP contribution in [0.25, 0.3) is 11.4 Å². The van der Waals surface area contributed by atoms with Gasteiger partial charge < -0.3 is 10.2 Å². The zero-order valence-corrected chi connectivity index (χ0v) is 22.6. The first-order valence-corrected chi connectivity index (χ1v) is 13.0. The molecule has 1 aliphatic rings. The van der Waals surface area contributed by atoms with E-state index in [4.69, 9.17) is 5.14 Å². The van der Waals surface area contributed by atoms with E-state index in [9.17, 15) is 18.0 Å². The number of nitrogens with one attached hydrogen (secondary N) is 1. The molecule has 0 aliphatic heterocycles. The molecule has 206 valence electrons. The van der Waals surface area contributed by atoms with Crippen LogP contribution in [-0.2, 0) is 11.3 Å². The number of hydrogen-bond acceptors (Lipinski definition) is 10. The standard InChI is InChI=1S/C25H28F3N9OS/c1-13-20(22(16-5-6-16)33-12-32-13)23-34-14(2)21(24(36-23)37(4)15(3)25(26,27)28)35-19(11-38)31-9-17-7-8-18(39-29)10-30-17/h7-8,10-12,15-16H,5-6,9,29H2,1-4H3,(H,31,35). The average Bonchev–Trinajstić information content (AvgIpc) is 3.76. The molecule has 4 rings (SSSR count). The maximum Gasteiger partial charge on any atom is 0.408 e. The van der Waals surface area contributed by atoms with E-state index in [0.29, 0.717) is 28.9 Å². The van der Waals surface area contributed by atoms with Crippen molar-refractivity contribution in [3.8, 4) is 11.4 Å². The summed E-state index contributed by atoms with van der Waals surface area (Å²) in [6, 6.07) is 1.61. The highest BCUT2D eigenvalue weighted by Gasteiger charge is 2.40. The van der Waals surface area contributed by atoms with E-state index in [0.717, 1.165) is 47.2 Å².